The summed E-state index contributed by atoms with van der Waals surface area (Å²) in [5, 5.41) is 0. The van der Waals surface area contributed by atoms with Gasteiger partial charge in [-0.3, -0.25) is 0 Å². The fraction of sp³-hybridized carbons (Fsp3) is 0.857. The van der Waals surface area contributed by atoms with E-state index in [0.29, 0.717) is 17.7 Å². The molecule has 2 atom stereocenters. The highest BCUT2D eigenvalue weighted by molar-refractivity contribution is 6.21. The molecule has 0 aliphatic heterocycles. The Morgan fingerprint density at radius 1 is 1.11 bits per heavy atom. The molecule has 0 aromatic rings. The SMILES string of the molecule is C=CC[C@H](CC[C@@H](OC)C(C)C)OC(CCl)CCl. The molecule has 0 heterocycles. The standard InChI is InChI=1S/C14H26Cl2O2/c1-5-6-12(18-13(9-15)10-16)7-8-14(17-4)11(2)3/h5,11-14H,1,6-10H2,2-4H3/t12-,14-/m1/s1. The second kappa shape index (κ2) is 11.1. The Morgan fingerprint density at radius 3 is 2.11 bits per heavy atom. The van der Waals surface area contributed by atoms with E-state index in [4.69, 9.17) is 32.7 Å². The van der Waals surface area contributed by atoms with Crippen LogP contribution in [0.5, 0.6) is 0 Å². The Bertz CT molecular complexity index is 206. The number of hydrogen-bond donors (Lipinski definition) is 0. The van der Waals surface area contributed by atoms with Crippen molar-refractivity contribution in [3.05, 3.63) is 12.7 Å². The summed E-state index contributed by atoms with van der Waals surface area (Å²) in [6.07, 6.45) is 4.92. The van der Waals surface area contributed by atoms with Crippen LogP contribution in [0.1, 0.15) is 33.1 Å². The van der Waals surface area contributed by atoms with Crippen LogP contribution in [0.3, 0.4) is 0 Å². The molecule has 18 heavy (non-hydrogen) atoms. The normalized spacial score (nSPS) is 15.1. The number of alkyl halides is 2. The van der Waals surface area contributed by atoms with E-state index in [0.717, 1.165) is 19.3 Å². The molecule has 0 N–H and O–H groups in total. The maximum atomic E-state index is 5.87. The van der Waals surface area contributed by atoms with Gasteiger partial charge in [-0.25, -0.2) is 0 Å². The third kappa shape index (κ3) is 7.63. The predicted molar refractivity (Wildman–Crippen MR) is 79.8 cm³/mol. The van der Waals surface area contributed by atoms with E-state index in [1.807, 2.05) is 6.08 Å². The minimum atomic E-state index is -0.0849. The summed E-state index contributed by atoms with van der Waals surface area (Å²) in [6, 6.07) is 0. The Balaban J connectivity index is 4.21. The van der Waals surface area contributed by atoms with Gasteiger partial charge in [-0.05, 0) is 25.2 Å². The molecule has 0 bridgehead atoms. The summed E-state index contributed by atoms with van der Waals surface area (Å²) in [5.74, 6) is 1.36. The molecular formula is C14H26Cl2O2. The molecule has 2 nitrogen and oxygen atoms in total. The lowest BCUT2D eigenvalue weighted by molar-refractivity contribution is -0.00971. The second-order valence-corrected chi connectivity index (χ2v) is 5.43. The molecule has 0 aliphatic carbocycles. The van der Waals surface area contributed by atoms with Gasteiger partial charge in [0.05, 0.1) is 18.3 Å². The van der Waals surface area contributed by atoms with Crippen LogP contribution in [0, 0.1) is 5.92 Å². The van der Waals surface area contributed by atoms with Crippen molar-refractivity contribution in [1.82, 2.24) is 0 Å². The van der Waals surface area contributed by atoms with Crippen LogP contribution in [0.2, 0.25) is 0 Å². The van der Waals surface area contributed by atoms with Crippen molar-refractivity contribution in [2.24, 2.45) is 5.92 Å². The summed E-state index contributed by atoms with van der Waals surface area (Å²) in [6.45, 7) is 8.09. The average molecular weight is 297 g/mol. The number of methoxy groups -OCH3 is 1. The lowest BCUT2D eigenvalue weighted by atomic mass is 9.99. The smallest absolute Gasteiger partial charge is 0.0849 e. The van der Waals surface area contributed by atoms with Crippen LogP contribution < -0.4 is 0 Å². The molecule has 0 rings (SSSR count). The number of hydrogen-bond acceptors (Lipinski definition) is 2. The number of rotatable bonds is 11. The van der Waals surface area contributed by atoms with E-state index in [9.17, 15) is 0 Å². The Morgan fingerprint density at radius 2 is 1.72 bits per heavy atom. The Labute approximate surface area is 122 Å². The quantitative estimate of drug-likeness (QED) is 0.419. The van der Waals surface area contributed by atoms with Gasteiger partial charge in [-0.15, -0.1) is 29.8 Å². The van der Waals surface area contributed by atoms with Crippen LogP contribution in [-0.4, -0.2) is 37.2 Å². The van der Waals surface area contributed by atoms with Crippen molar-refractivity contribution in [2.75, 3.05) is 18.9 Å². The molecule has 0 aromatic carbocycles. The van der Waals surface area contributed by atoms with Gasteiger partial charge in [0.2, 0.25) is 0 Å². The van der Waals surface area contributed by atoms with Crippen molar-refractivity contribution >= 4 is 23.2 Å². The second-order valence-electron chi connectivity index (χ2n) is 4.81. The van der Waals surface area contributed by atoms with Crippen molar-refractivity contribution in [1.29, 1.82) is 0 Å². The Kier molecular flexibility index (Phi) is 11.2. The predicted octanol–water partition coefficient (Wildman–Crippen LogP) is 4.25. The minimum absolute atomic E-state index is 0.0849. The van der Waals surface area contributed by atoms with E-state index >= 15 is 0 Å². The Hall–Kier alpha value is 0.240. The first kappa shape index (κ1) is 18.2. The largest absolute Gasteiger partial charge is 0.381 e. The maximum absolute atomic E-state index is 5.87. The van der Waals surface area contributed by atoms with Crippen molar-refractivity contribution in [3.8, 4) is 0 Å². The van der Waals surface area contributed by atoms with Gasteiger partial charge in [0, 0.05) is 18.9 Å². The van der Waals surface area contributed by atoms with Crippen LogP contribution in [0.4, 0.5) is 0 Å². The molecular weight excluding hydrogens is 271 g/mol. The molecule has 0 aromatic heterocycles. The van der Waals surface area contributed by atoms with Gasteiger partial charge in [0.1, 0.15) is 0 Å². The third-order valence-corrected chi connectivity index (χ3v) is 3.67. The third-order valence-electron chi connectivity index (χ3n) is 2.98. The maximum Gasteiger partial charge on any atom is 0.0849 e. The number of ether oxygens (including phenoxy) is 2. The molecule has 0 radical (unpaired) electrons. The highest BCUT2D eigenvalue weighted by Crippen LogP contribution is 2.18. The summed E-state index contributed by atoms with van der Waals surface area (Å²) in [5.41, 5.74) is 0. The molecule has 0 fully saturated rings. The molecule has 0 unspecified atom stereocenters. The monoisotopic (exact) mass is 296 g/mol. The number of halogens is 2. The van der Waals surface area contributed by atoms with Crippen molar-refractivity contribution < 1.29 is 9.47 Å². The van der Waals surface area contributed by atoms with Gasteiger partial charge in [0.15, 0.2) is 0 Å². The van der Waals surface area contributed by atoms with Crippen LogP contribution in [0.25, 0.3) is 0 Å². The zero-order chi connectivity index (χ0) is 14.0. The molecule has 4 heteroatoms. The van der Waals surface area contributed by atoms with E-state index in [-0.39, 0.29) is 18.3 Å². The first-order valence-corrected chi connectivity index (χ1v) is 7.56. The van der Waals surface area contributed by atoms with E-state index in [1.54, 1.807) is 7.11 Å². The minimum Gasteiger partial charge on any atom is -0.381 e. The molecule has 0 spiro atoms. The summed E-state index contributed by atoms with van der Waals surface area (Å²) >= 11 is 11.6. The molecule has 0 aliphatic rings. The highest BCUT2D eigenvalue weighted by atomic mass is 35.5. The molecule has 0 amide bonds. The van der Waals surface area contributed by atoms with Crippen LogP contribution >= 0.6 is 23.2 Å². The van der Waals surface area contributed by atoms with Gasteiger partial charge in [-0.1, -0.05) is 19.9 Å². The van der Waals surface area contributed by atoms with E-state index in [2.05, 4.69) is 20.4 Å². The first-order valence-electron chi connectivity index (χ1n) is 6.50. The fourth-order valence-electron chi connectivity index (χ4n) is 1.89. The van der Waals surface area contributed by atoms with Crippen LogP contribution in [0.15, 0.2) is 12.7 Å². The van der Waals surface area contributed by atoms with Crippen LogP contribution in [-0.2, 0) is 9.47 Å². The fourth-order valence-corrected chi connectivity index (χ4v) is 2.36. The zero-order valence-electron chi connectivity index (χ0n) is 11.7. The first-order chi connectivity index (χ1) is 8.58. The van der Waals surface area contributed by atoms with E-state index in [1.165, 1.54) is 0 Å². The van der Waals surface area contributed by atoms with Gasteiger partial charge in [-0.2, -0.15) is 0 Å². The zero-order valence-corrected chi connectivity index (χ0v) is 13.2. The van der Waals surface area contributed by atoms with Gasteiger partial charge < -0.3 is 9.47 Å². The lowest BCUT2D eigenvalue weighted by Crippen LogP contribution is -2.27. The molecule has 0 saturated carbocycles. The topological polar surface area (TPSA) is 18.5 Å². The molecule has 108 valence electrons. The van der Waals surface area contributed by atoms with Gasteiger partial charge in [0.25, 0.3) is 0 Å². The summed E-state index contributed by atoms with van der Waals surface area (Å²) < 4.78 is 11.3. The average Bonchev–Trinajstić information content (AvgIpc) is 2.35. The summed E-state index contributed by atoms with van der Waals surface area (Å²) in [7, 11) is 1.76. The van der Waals surface area contributed by atoms with Gasteiger partial charge >= 0.3 is 0 Å². The molecule has 0 saturated heterocycles. The highest BCUT2D eigenvalue weighted by Gasteiger charge is 2.18. The van der Waals surface area contributed by atoms with E-state index < -0.39 is 0 Å². The van der Waals surface area contributed by atoms with Crippen molar-refractivity contribution in [3.63, 3.8) is 0 Å². The lowest BCUT2D eigenvalue weighted by Gasteiger charge is -2.25. The van der Waals surface area contributed by atoms with Crippen molar-refractivity contribution in [2.45, 2.75) is 51.4 Å². The summed E-state index contributed by atoms with van der Waals surface area (Å²) in [4.78, 5) is 0.